The zero-order chi connectivity index (χ0) is 15.5. The fourth-order valence-electron chi connectivity index (χ4n) is 2.06. The third-order valence-electron chi connectivity index (χ3n) is 3.10. The van der Waals surface area contributed by atoms with Crippen molar-refractivity contribution in [3.05, 3.63) is 52.1 Å². The molecule has 8 heteroatoms. The van der Waals surface area contributed by atoms with Crippen molar-refractivity contribution in [2.24, 2.45) is 0 Å². The molecule has 1 aliphatic rings. The summed E-state index contributed by atoms with van der Waals surface area (Å²) in [5.74, 6) is 0.540. The molecule has 2 heterocycles. The minimum absolute atomic E-state index is 0.276. The molecule has 0 atom stereocenters. The van der Waals surface area contributed by atoms with Gasteiger partial charge in [0, 0.05) is 21.8 Å². The summed E-state index contributed by atoms with van der Waals surface area (Å²) in [6.45, 7) is 2.18. The molecule has 0 unspecified atom stereocenters. The Bertz CT molecular complexity index is 709. The zero-order valence-electron chi connectivity index (χ0n) is 11.8. The highest BCUT2D eigenvalue weighted by Crippen LogP contribution is 2.28. The van der Waals surface area contributed by atoms with Crippen LogP contribution in [0.2, 0.25) is 0 Å². The van der Waals surface area contributed by atoms with E-state index in [9.17, 15) is 4.79 Å². The van der Waals surface area contributed by atoms with Gasteiger partial charge in [0.15, 0.2) is 0 Å². The van der Waals surface area contributed by atoms with Crippen LogP contribution in [0.25, 0.3) is 0 Å². The number of hydrazine groups is 3. The van der Waals surface area contributed by atoms with Gasteiger partial charge in [-0.2, -0.15) is 0 Å². The first-order valence-electron chi connectivity index (χ1n) is 6.60. The normalized spacial score (nSPS) is 14.1. The number of anilines is 1. The lowest BCUT2D eigenvalue weighted by atomic mass is 10.2. The Morgan fingerprint density at radius 2 is 2.09 bits per heavy atom. The van der Waals surface area contributed by atoms with Crippen LogP contribution in [0, 0.1) is 6.92 Å². The first-order valence-corrected chi connectivity index (χ1v) is 7.39. The number of pyridine rings is 1. The zero-order valence-corrected chi connectivity index (χ0v) is 13.3. The molecule has 1 fully saturated rings. The fourth-order valence-corrected chi connectivity index (χ4v) is 2.53. The van der Waals surface area contributed by atoms with Gasteiger partial charge in [-0.25, -0.2) is 14.8 Å². The van der Waals surface area contributed by atoms with Crippen molar-refractivity contribution >= 4 is 27.6 Å². The van der Waals surface area contributed by atoms with Crippen LogP contribution in [-0.2, 0) is 6.61 Å². The van der Waals surface area contributed by atoms with E-state index in [0.717, 1.165) is 15.7 Å². The molecule has 1 aromatic heterocycles. The van der Waals surface area contributed by atoms with Crippen molar-refractivity contribution in [2.45, 2.75) is 13.5 Å². The smallest absolute Gasteiger partial charge is 0.353 e. The number of hydrogen-bond acceptors (Lipinski definition) is 5. The van der Waals surface area contributed by atoms with Gasteiger partial charge >= 0.3 is 6.03 Å². The largest absolute Gasteiger partial charge is 0.473 e. The molecule has 0 aliphatic carbocycles. The molecule has 1 aliphatic heterocycles. The molecule has 0 saturated carbocycles. The van der Waals surface area contributed by atoms with Crippen molar-refractivity contribution in [1.29, 1.82) is 0 Å². The second-order valence-corrected chi connectivity index (χ2v) is 5.50. The third kappa shape index (κ3) is 3.03. The Balaban J connectivity index is 1.85. The van der Waals surface area contributed by atoms with Crippen LogP contribution < -0.4 is 26.2 Å². The number of ether oxygens (including phenoxy) is 1. The lowest BCUT2D eigenvalue weighted by Crippen LogP contribution is -2.38. The van der Waals surface area contributed by atoms with Crippen molar-refractivity contribution in [1.82, 2.24) is 21.5 Å². The maximum Gasteiger partial charge on any atom is 0.353 e. The SMILES string of the molecule is Cc1cccc(OCc2c(Br)cccc2N2NNNC2=O)n1. The van der Waals surface area contributed by atoms with Crippen LogP contribution in [0.5, 0.6) is 5.88 Å². The summed E-state index contributed by atoms with van der Waals surface area (Å²) in [6.07, 6.45) is 0. The van der Waals surface area contributed by atoms with Gasteiger partial charge in [0.1, 0.15) is 6.61 Å². The van der Waals surface area contributed by atoms with Crippen molar-refractivity contribution in [3.63, 3.8) is 0 Å². The van der Waals surface area contributed by atoms with Crippen molar-refractivity contribution in [2.75, 3.05) is 5.01 Å². The maximum absolute atomic E-state index is 11.8. The summed E-state index contributed by atoms with van der Waals surface area (Å²) in [7, 11) is 0. The predicted octanol–water partition coefficient (Wildman–Crippen LogP) is 2.19. The van der Waals surface area contributed by atoms with Crippen LogP contribution in [0.15, 0.2) is 40.9 Å². The number of aryl methyl sites for hydroxylation is 1. The highest BCUT2D eigenvalue weighted by Gasteiger charge is 2.24. The number of urea groups is 1. The quantitative estimate of drug-likeness (QED) is 0.775. The number of carbonyl (C=O) groups is 1. The standard InChI is InChI=1S/C14H14BrN5O2/c1-9-4-2-7-13(16-9)22-8-10-11(15)5-3-6-12(10)20-14(21)17-18-19-20/h2-7,18-19H,8H2,1H3,(H,17,21). The van der Waals surface area contributed by atoms with Gasteiger partial charge in [0.2, 0.25) is 5.88 Å². The summed E-state index contributed by atoms with van der Waals surface area (Å²) in [4.78, 5) is 16.1. The number of carbonyl (C=O) groups excluding carboxylic acids is 1. The van der Waals surface area contributed by atoms with Gasteiger partial charge in [-0.05, 0) is 25.1 Å². The number of nitrogens with zero attached hydrogens (tertiary/aromatic N) is 2. The van der Waals surface area contributed by atoms with Gasteiger partial charge in [0.05, 0.1) is 5.69 Å². The number of amides is 2. The average molecular weight is 364 g/mol. The van der Waals surface area contributed by atoms with Crippen molar-refractivity contribution in [3.8, 4) is 5.88 Å². The summed E-state index contributed by atoms with van der Waals surface area (Å²) in [5.41, 5.74) is 10.1. The van der Waals surface area contributed by atoms with Crippen LogP contribution in [0.4, 0.5) is 10.5 Å². The molecule has 22 heavy (non-hydrogen) atoms. The predicted molar refractivity (Wildman–Crippen MR) is 84.7 cm³/mol. The van der Waals surface area contributed by atoms with Crippen LogP contribution in [0.3, 0.4) is 0 Å². The number of rotatable bonds is 4. The summed E-state index contributed by atoms with van der Waals surface area (Å²) in [6, 6.07) is 10.9. The number of aromatic nitrogens is 1. The van der Waals surface area contributed by atoms with E-state index >= 15 is 0 Å². The molecule has 1 saturated heterocycles. The van der Waals surface area contributed by atoms with Gasteiger partial charge in [-0.1, -0.05) is 28.1 Å². The highest BCUT2D eigenvalue weighted by atomic mass is 79.9. The lowest BCUT2D eigenvalue weighted by molar-refractivity contribution is 0.250. The van der Waals surface area contributed by atoms with E-state index in [1.54, 1.807) is 6.07 Å². The summed E-state index contributed by atoms with van der Waals surface area (Å²) < 4.78 is 6.59. The number of hydrogen-bond donors (Lipinski definition) is 3. The molecule has 3 rings (SSSR count). The number of benzene rings is 1. The Hall–Kier alpha value is -2.16. The number of nitrogens with one attached hydrogen (secondary N) is 3. The Kier molecular flexibility index (Phi) is 4.23. The van der Waals surface area contributed by atoms with Gasteiger partial charge in [-0.3, -0.25) is 5.43 Å². The van der Waals surface area contributed by atoms with E-state index in [1.165, 1.54) is 5.01 Å². The second kappa shape index (κ2) is 6.30. The fraction of sp³-hybridized carbons (Fsp3) is 0.143. The van der Waals surface area contributed by atoms with Gasteiger partial charge < -0.3 is 4.74 Å². The van der Waals surface area contributed by atoms with Crippen molar-refractivity contribution < 1.29 is 9.53 Å². The third-order valence-corrected chi connectivity index (χ3v) is 3.85. The van der Waals surface area contributed by atoms with E-state index < -0.39 is 0 Å². The molecule has 0 spiro atoms. The topological polar surface area (TPSA) is 78.5 Å². The molecule has 7 nitrogen and oxygen atoms in total. The van der Waals surface area contributed by atoms with Gasteiger partial charge in [-0.15, -0.1) is 11.1 Å². The molecule has 1 aromatic carbocycles. The molecule has 0 bridgehead atoms. The molecular weight excluding hydrogens is 350 g/mol. The van der Waals surface area contributed by atoms with E-state index in [0.29, 0.717) is 11.6 Å². The highest BCUT2D eigenvalue weighted by molar-refractivity contribution is 9.10. The molecule has 2 amide bonds. The van der Waals surface area contributed by atoms with E-state index in [-0.39, 0.29) is 12.6 Å². The minimum Gasteiger partial charge on any atom is -0.473 e. The second-order valence-electron chi connectivity index (χ2n) is 4.65. The van der Waals surface area contributed by atoms with Crippen LogP contribution in [0.1, 0.15) is 11.3 Å². The molecule has 114 valence electrons. The molecule has 3 N–H and O–H groups in total. The van der Waals surface area contributed by atoms with Crippen LogP contribution >= 0.6 is 15.9 Å². The Labute approximate surface area is 135 Å². The Morgan fingerprint density at radius 3 is 2.82 bits per heavy atom. The minimum atomic E-state index is -0.298. The molecule has 0 radical (unpaired) electrons. The lowest BCUT2D eigenvalue weighted by Gasteiger charge is -2.18. The first-order chi connectivity index (χ1) is 10.6. The average Bonchev–Trinajstić information content (AvgIpc) is 2.92. The number of halogens is 1. The monoisotopic (exact) mass is 363 g/mol. The summed E-state index contributed by atoms with van der Waals surface area (Å²) in [5, 5.41) is 1.37. The molecular formula is C14H14BrN5O2. The van der Waals surface area contributed by atoms with E-state index in [1.807, 2.05) is 37.3 Å². The maximum atomic E-state index is 11.8. The van der Waals surface area contributed by atoms with E-state index in [2.05, 4.69) is 37.4 Å². The van der Waals surface area contributed by atoms with E-state index in [4.69, 9.17) is 4.74 Å². The summed E-state index contributed by atoms with van der Waals surface area (Å²) >= 11 is 3.50. The first kappa shape index (κ1) is 14.8. The van der Waals surface area contributed by atoms with Gasteiger partial charge in [0.25, 0.3) is 0 Å². The van der Waals surface area contributed by atoms with Crippen LogP contribution in [-0.4, -0.2) is 11.0 Å². The Morgan fingerprint density at radius 1 is 1.27 bits per heavy atom. The molecule has 2 aromatic rings.